The monoisotopic (exact) mass is 241 g/mol. The van der Waals surface area contributed by atoms with Crippen LogP contribution in [0.1, 0.15) is 25.3 Å². The largest absolute Gasteiger partial charge is 0.354 e. The van der Waals surface area contributed by atoms with Crippen molar-refractivity contribution in [2.24, 2.45) is 4.99 Å². The van der Waals surface area contributed by atoms with E-state index in [4.69, 9.17) is 0 Å². The molecule has 0 fully saturated rings. The summed E-state index contributed by atoms with van der Waals surface area (Å²) in [5.74, 6) is 1.17. The van der Waals surface area contributed by atoms with Crippen molar-refractivity contribution < 1.29 is 0 Å². The summed E-state index contributed by atoms with van der Waals surface area (Å²) in [7, 11) is 0. The van der Waals surface area contributed by atoms with E-state index in [1.807, 2.05) is 11.6 Å². The van der Waals surface area contributed by atoms with E-state index in [1.165, 1.54) is 12.2 Å². The Morgan fingerprint density at radius 3 is 2.93 bits per heavy atom. The summed E-state index contributed by atoms with van der Waals surface area (Å²) in [6.07, 6.45) is 3.03. The van der Waals surface area contributed by atoms with Crippen LogP contribution >= 0.6 is 23.1 Å². The Bertz CT molecular complexity index is 344. The molecule has 0 radical (unpaired) electrons. The highest BCUT2D eigenvalue weighted by Gasteiger charge is 2.25. The van der Waals surface area contributed by atoms with Crippen LogP contribution in [-0.4, -0.2) is 22.4 Å². The molecule has 2 rings (SSSR count). The van der Waals surface area contributed by atoms with Gasteiger partial charge in [0, 0.05) is 23.9 Å². The van der Waals surface area contributed by atoms with Gasteiger partial charge in [-0.05, 0) is 20.3 Å². The van der Waals surface area contributed by atoms with E-state index in [0.29, 0.717) is 0 Å². The molecule has 1 aromatic heterocycles. The lowest BCUT2D eigenvalue weighted by Gasteiger charge is -2.26. The fourth-order valence-electron chi connectivity index (χ4n) is 1.39. The molecule has 15 heavy (non-hydrogen) atoms. The maximum atomic E-state index is 4.47. The van der Waals surface area contributed by atoms with Gasteiger partial charge in [0.1, 0.15) is 5.01 Å². The molecule has 3 nitrogen and oxygen atoms in total. The molecule has 5 heteroatoms. The molecule has 0 aromatic carbocycles. The topological polar surface area (TPSA) is 37.3 Å². The Morgan fingerprint density at radius 2 is 2.33 bits per heavy atom. The normalized spacial score (nSPS) is 17.3. The second-order valence-corrected chi connectivity index (χ2v) is 5.95. The van der Waals surface area contributed by atoms with Crippen LogP contribution < -0.4 is 5.32 Å². The van der Waals surface area contributed by atoms with Crippen LogP contribution in [0, 0.1) is 0 Å². The van der Waals surface area contributed by atoms with Gasteiger partial charge in [-0.25, -0.2) is 4.98 Å². The van der Waals surface area contributed by atoms with E-state index in [-0.39, 0.29) is 5.54 Å². The highest BCUT2D eigenvalue weighted by molar-refractivity contribution is 8.13. The van der Waals surface area contributed by atoms with Crippen LogP contribution in [0.25, 0.3) is 0 Å². The Hall–Kier alpha value is -0.550. The number of thioether (sulfide) groups is 1. The molecule has 0 saturated heterocycles. The molecule has 0 saturated carbocycles. The van der Waals surface area contributed by atoms with Gasteiger partial charge >= 0.3 is 0 Å². The molecule has 0 aliphatic carbocycles. The lowest BCUT2D eigenvalue weighted by Crippen LogP contribution is -2.40. The van der Waals surface area contributed by atoms with Gasteiger partial charge in [-0.15, -0.1) is 11.3 Å². The van der Waals surface area contributed by atoms with E-state index >= 15 is 0 Å². The summed E-state index contributed by atoms with van der Waals surface area (Å²) in [5.41, 5.74) is -0.114. The van der Waals surface area contributed by atoms with Gasteiger partial charge in [0.25, 0.3) is 0 Å². The molecule has 0 spiro atoms. The highest BCUT2D eigenvalue weighted by Crippen LogP contribution is 2.24. The maximum absolute atomic E-state index is 4.47. The molecule has 1 aliphatic rings. The predicted octanol–water partition coefficient (Wildman–Crippen LogP) is 2.46. The van der Waals surface area contributed by atoms with Gasteiger partial charge < -0.3 is 5.32 Å². The minimum Gasteiger partial charge on any atom is -0.354 e. The predicted molar refractivity (Wildman–Crippen MR) is 67.7 cm³/mol. The lowest BCUT2D eigenvalue weighted by atomic mass is 10.1. The average molecular weight is 241 g/mol. The third kappa shape index (κ3) is 2.72. The second-order valence-electron chi connectivity index (χ2n) is 3.98. The third-order valence-corrected chi connectivity index (χ3v) is 4.28. The van der Waals surface area contributed by atoms with Gasteiger partial charge in [0.05, 0.1) is 5.54 Å². The van der Waals surface area contributed by atoms with Crippen LogP contribution in [0.2, 0.25) is 0 Å². The number of thiazole rings is 1. The molecule has 82 valence electrons. The molecule has 1 N–H and O–H groups in total. The van der Waals surface area contributed by atoms with Crippen molar-refractivity contribution in [1.82, 2.24) is 10.3 Å². The van der Waals surface area contributed by atoms with E-state index in [2.05, 4.69) is 29.1 Å². The van der Waals surface area contributed by atoms with Crippen LogP contribution in [-0.2, 0) is 5.54 Å². The minimum atomic E-state index is -0.114. The first-order chi connectivity index (χ1) is 7.18. The van der Waals surface area contributed by atoms with Crippen LogP contribution in [0.3, 0.4) is 0 Å². The number of amidine groups is 1. The maximum Gasteiger partial charge on any atom is 0.157 e. The zero-order valence-corrected chi connectivity index (χ0v) is 10.6. The number of hydrogen-bond donors (Lipinski definition) is 1. The standard InChI is InChI=1S/C10H15N3S2/c1-10(2,8-11-5-7-14-8)13-9-12-4-3-6-15-9/h5,7H,3-4,6H2,1-2H3,(H,12,13). The van der Waals surface area contributed by atoms with Crippen LogP contribution in [0.4, 0.5) is 0 Å². The summed E-state index contributed by atoms with van der Waals surface area (Å²) in [5, 5.41) is 7.63. The molecule has 2 heterocycles. The van der Waals surface area contributed by atoms with Crippen molar-refractivity contribution >= 4 is 28.3 Å². The molecule has 1 aromatic rings. The summed E-state index contributed by atoms with van der Waals surface area (Å²) in [6, 6.07) is 0. The second kappa shape index (κ2) is 4.53. The number of aromatic nitrogens is 1. The van der Waals surface area contributed by atoms with Crippen LogP contribution in [0.15, 0.2) is 16.6 Å². The highest BCUT2D eigenvalue weighted by atomic mass is 32.2. The van der Waals surface area contributed by atoms with Crippen molar-refractivity contribution in [3.63, 3.8) is 0 Å². The summed E-state index contributed by atoms with van der Waals surface area (Å²) in [6.45, 7) is 5.23. The van der Waals surface area contributed by atoms with Gasteiger partial charge in [0.15, 0.2) is 5.17 Å². The number of nitrogens with one attached hydrogen (secondary N) is 1. The lowest BCUT2D eigenvalue weighted by molar-refractivity contribution is 0.486. The Balaban J connectivity index is 2.07. The third-order valence-electron chi connectivity index (χ3n) is 2.18. The fraction of sp³-hybridized carbons (Fsp3) is 0.600. The van der Waals surface area contributed by atoms with E-state index in [9.17, 15) is 0 Å². The van der Waals surface area contributed by atoms with Crippen molar-refractivity contribution in [3.8, 4) is 0 Å². The Kier molecular flexibility index (Phi) is 3.31. The van der Waals surface area contributed by atoms with Gasteiger partial charge in [-0.3, -0.25) is 4.99 Å². The first-order valence-electron chi connectivity index (χ1n) is 5.04. The zero-order chi connectivity index (χ0) is 10.7. The van der Waals surface area contributed by atoms with Crippen molar-refractivity contribution in [3.05, 3.63) is 16.6 Å². The van der Waals surface area contributed by atoms with E-state index in [1.54, 1.807) is 23.1 Å². The minimum absolute atomic E-state index is 0.114. The smallest absolute Gasteiger partial charge is 0.157 e. The average Bonchev–Trinajstić information content (AvgIpc) is 2.71. The van der Waals surface area contributed by atoms with E-state index in [0.717, 1.165) is 16.7 Å². The molecule has 0 amide bonds. The molecule has 1 aliphatic heterocycles. The Labute approximate surface area is 98.4 Å². The molecule has 0 unspecified atom stereocenters. The molecule has 0 atom stereocenters. The number of nitrogens with zero attached hydrogens (tertiary/aromatic N) is 2. The SMILES string of the molecule is CC(C)(NC1=NCCCS1)c1nccs1. The number of hydrogen-bond acceptors (Lipinski definition) is 5. The van der Waals surface area contributed by atoms with Crippen LogP contribution in [0.5, 0.6) is 0 Å². The zero-order valence-electron chi connectivity index (χ0n) is 8.99. The molecule has 0 bridgehead atoms. The fourth-order valence-corrected chi connectivity index (χ4v) is 3.08. The van der Waals surface area contributed by atoms with E-state index < -0.39 is 0 Å². The first kappa shape index (κ1) is 11.0. The van der Waals surface area contributed by atoms with Crippen molar-refractivity contribution in [2.45, 2.75) is 25.8 Å². The van der Waals surface area contributed by atoms with Crippen molar-refractivity contribution in [2.75, 3.05) is 12.3 Å². The van der Waals surface area contributed by atoms with Crippen molar-refractivity contribution in [1.29, 1.82) is 0 Å². The van der Waals surface area contributed by atoms with Gasteiger partial charge in [0.2, 0.25) is 0 Å². The number of rotatable bonds is 2. The van der Waals surface area contributed by atoms with Gasteiger partial charge in [-0.2, -0.15) is 0 Å². The summed E-state index contributed by atoms with van der Waals surface area (Å²) in [4.78, 5) is 8.82. The first-order valence-corrected chi connectivity index (χ1v) is 6.90. The Morgan fingerprint density at radius 1 is 1.47 bits per heavy atom. The number of aliphatic imine (C=N–C) groups is 1. The summed E-state index contributed by atoms with van der Waals surface area (Å²) < 4.78 is 0. The molecular weight excluding hydrogens is 226 g/mol. The van der Waals surface area contributed by atoms with Gasteiger partial charge in [-0.1, -0.05) is 11.8 Å². The summed E-state index contributed by atoms with van der Waals surface area (Å²) >= 11 is 3.48. The molecular formula is C10H15N3S2. The quantitative estimate of drug-likeness (QED) is 0.864.